The molecule has 0 unspecified atom stereocenters. The van der Waals surface area contributed by atoms with Crippen molar-refractivity contribution < 1.29 is 19.0 Å². The van der Waals surface area contributed by atoms with E-state index in [9.17, 15) is 19.7 Å². The van der Waals surface area contributed by atoms with Crippen LogP contribution in [0, 0.1) is 24.0 Å². The topological polar surface area (TPSA) is 119 Å². The van der Waals surface area contributed by atoms with Gasteiger partial charge >= 0.3 is 0 Å². The van der Waals surface area contributed by atoms with Crippen LogP contribution in [-0.2, 0) is 4.79 Å². The molecule has 0 saturated heterocycles. The molecule has 0 radical (unpaired) electrons. The van der Waals surface area contributed by atoms with Crippen LogP contribution in [0.3, 0.4) is 0 Å². The first-order chi connectivity index (χ1) is 13.8. The van der Waals surface area contributed by atoms with E-state index in [1.54, 1.807) is 32.0 Å². The van der Waals surface area contributed by atoms with Crippen molar-refractivity contribution in [3.05, 3.63) is 51.3 Å². The van der Waals surface area contributed by atoms with Gasteiger partial charge < -0.3 is 14.7 Å². The Bertz CT molecular complexity index is 878. The second-order valence-electron chi connectivity index (χ2n) is 6.92. The smallest absolute Gasteiger partial charge is 0.273 e. The van der Waals surface area contributed by atoms with E-state index < -0.39 is 16.7 Å². The van der Waals surface area contributed by atoms with Gasteiger partial charge in [0.05, 0.1) is 4.92 Å². The summed E-state index contributed by atoms with van der Waals surface area (Å²) in [5, 5.41) is 17.5. The zero-order valence-corrected chi connectivity index (χ0v) is 16.9. The summed E-state index contributed by atoms with van der Waals surface area (Å²) in [5.41, 5.74) is 0.535. The molecular formula is C20H26N4O5. The Balaban J connectivity index is 2.15. The number of aromatic nitrogens is 1. The number of benzene rings is 1. The molecule has 0 saturated carbocycles. The van der Waals surface area contributed by atoms with Crippen LogP contribution in [0.15, 0.2) is 28.8 Å². The van der Waals surface area contributed by atoms with Crippen LogP contribution in [0.1, 0.15) is 54.3 Å². The van der Waals surface area contributed by atoms with Gasteiger partial charge in [0.2, 0.25) is 5.91 Å². The predicted octanol–water partition coefficient (Wildman–Crippen LogP) is 3.86. The molecule has 0 fully saturated rings. The van der Waals surface area contributed by atoms with Crippen LogP contribution in [0.5, 0.6) is 0 Å². The highest BCUT2D eigenvalue weighted by Crippen LogP contribution is 2.20. The Morgan fingerprint density at radius 2 is 1.97 bits per heavy atom. The largest absolute Gasteiger partial charge is 0.360 e. The van der Waals surface area contributed by atoms with Crippen LogP contribution in [-0.4, -0.2) is 39.9 Å². The second kappa shape index (κ2) is 10.4. The molecule has 0 aliphatic carbocycles. The minimum absolute atomic E-state index is 0.121. The number of nitro groups is 1. The summed E-state index contributed by atoms with van der Waals surface area (Å²) >= 11 is 0. The average molecular weight is 402 g/mol. The highest BCUT2D eigenvalue weighted by molar-refractivity contribution is 5.99. The summed E-state index contributed by atoms with van der Waals surface area (Å²) in [7, 11) is 0. The summed E-state index contributed by atoms with van der Waals surface area (Å²) in [6.07, 6.45) is 3.74. The quantitative estimate of drug-likeness (QED) is 0.366. The predicted molar refractivity (Wildman–Crippen MR) is 108 cm³/mol. The van der Waals surface area contributed by atoms with Gasteiger partial charge in [0, 0.05) is 29.8 Å². The van der Waals surface area contributed by atoms with Crippen molar-refractivity contribution in [2.45, 2.75) is 46.5 Å². The average Bonchev–Trinajstić information content (AvgIpc) is 3.08. The fourth-order valence-corrected chi connectivity index (χ4v) is 2.88. The first-order valence-corrected chi connectivity index (χ1v) is 9.59. The van der Waals surface area contributed by atoms with Crippen molar-refractivity contribution >= 4 is 23.3 Å². The molecule has 1 aromatic carbocycles. The summed E-state index contributed by atoms with van der Waals surface area (Å²) in [4.78, 5) is 37.5. The van der Waals surface area contributed by atoms with E-state index in [-0.39, 0.29) is 23.6 Å². The molecule has 9 nitrogen and oxygen atoms in total. The number of aryl methyl sites for hydroxylation is 2. The molecule has 2 aromatic rings. The number of amides is 2. The number of anilines is 1. The van der Waals surface area contributed by atoms with E-state index in [2.05, 4.69) is 17.4 Å². The van der Waals surface area contributed by atoms with Crippen molar-refractivity contribution in [1.29, 1.82) is 0 Å². The Morgan fingerprint density at radius 3 is 2.59 bits per heavy atom. The van der Waals surface area contributed by atoms with Crippen LogP contribution in [0.2, 0.25) is 0 Å². The molecule has 0 atom stereocenters. The minimum Gasteiger partial charge on any atom is -0.360 e. The lowest BCUT2D eigenvalue weighted by molar-refractivity contribution is -0.385. The molecule has 29 heavy (non-hydrogen) atoms. The first kappa shape index (κ1) is 22.1. The van der Waals surface area contributed by atoms with Gasteiger partial charge in [-0.3, -0.25) is 19.7 Å². The van der Waals surface area contributed by atoms with Crippen LogP contribution < -0.4 is 5.32 Å². The summed E-state index contributed by atoms with van der Waals surface area (Å²) in [6, 6.07) is 5.92. The van der Waals surface area contributed by atoms with E-state index in [1.165, 1.54) is 11.0 Å². The van der Waals surface area contributed by atoms with Crippen molar-refractivity contribution in [3.8, 4) is 0 Å². The van der Waals surface area contributed by atoms with E-state index >= 15 is 0 Å². The number of hydrogen-bond donors (Lipinski definition) is 1. The molecule has 0 aliphatic heterocycles. The van der Waals surface area contributed by atoms with Crippen molar-refractivity contribution in [3.63, 3.8) is 0 Å². The molecule has 2 amide bonds. The lowest BCUT2D eigenvalue weighted by atomic mass is 10.1. The first-order valence-electron chi connectivity index (χ1n) is 9.59. The number of unbranched alkanes of at least 4 members (excludes halogenated alkanes) is 3. The number of nitrogens with zero attached hydrogens (tertiary/aromatic N) is 3. The molecular weight excluding hydrogens is 376 g/mol. The Labute approximate surface area is 169 Å². The summed E-state index contributed by atoms with van der Waals surface area (Å²) in [5.74, 6) is -0.00328. The van der Waals surface area contributed by atoms with Crippen LogP contribution >= 0.6 is 0 Å². The van der Waals surface area contributed by atoms with Crippen molar-refractivity contribution in [2.75, 3.05) is 18.4 Å². The molecule has 2 rings (SSSR count). The van der Waals surface area contributed by atoms with E-state index in [0.717, 1.165) is 25.7 Å². The highest BCUT2D eigenvalue weighted by atomic mass is 16.6. The zero-order chi connectivity index (χ0) is 21.4. The lowest BCUT2D eigenvalue weighted by Crippen LogP contribution is -2.38. The fourth-order valence-electron chi connectivity index (χ4n) is 2.88. The van der Waals surface area contributed by atoms with Gasteiger partial charge in [0.1, 0.15) is 12.3 Å². The van der Waals surface area contributed by atoms with E-state index in [4.69, 9.17) is 4.52 Å². The molecule has 0 spiro atoms. The van der Waals surface area contributed by atoms with Gasteiger partial charge in [-0.1, -0.05) is 37.4 Å². The SMILES string of the molecule is CCCCCCN(CC(=O)Nc1cc(C)on1)C(=O)c1ccc(C)c([N+](=O)[O-])c1. The van der Waals surface area contributed by atoms with Gasteiger partial charge in [0.25, 0.3) is 11.6 Å². The van der Waals surface area contributed by atoms with Crippen molar-refractivity contribution in [2.24, 2.45) is 0 Å². The molecule has 1 aromatic heterocycles. The maximum absolute atomic E-state index is 13.0. The summed E-state index contributed by atoms with van der Waals surface area (Å²) in [6.45, 7) is 5.60. The number of nitro benzene ring substituents is 1. The van der Waals surface area contributed by atoms with Crippen molar-refractivity contribution in [1.82, 2.24) is 10.1 Å². The maximum atomic E-state index is 13.0. The molecule has 156 valence electrons. The standard InChI is InChI=1S/C20H26N4O5/c1-4-5-6-7-10-23(13-19(25)21-18-11-15(3)29-22-18)20(26)16-9-8-14(2)17(12-16)24(27)28/h8-9,11-12H,4-7,10,13H2,1-3H3,(H,21,22,25). The lowest BCUT2D eigenvalue weighted by Gasteiger charge is -2.22. The highest BCUT2D eigenvalue weighted by Gasteiger charge is 2.22. The molecule has 9 heteroatoms. The third kappa shape index (κ3) is 6.41. The van der Waals surface area contributed by atoms with Crippen LogP contribution in [0.25, 0.3) is 0 Å². The Morgan fingerprint density at radius 1 is 1.21 bits per heavy atom. The number of nitrogens with one attached hydrogen (secondary N) is 1. The Hall–Kier alpha value is -3.23. The van der Waals surface area contributed by atoms with Gasteiger partial charge in [-0.25, -0.2) is 0 Å². The third-order valence-corrected chi connectivity index (χ3v) is 4.45. The van der Waals surface area contributed by atoms with E-state index in [1.807, 2.05) is 0 Å². The molecule has 1 heterocycles. The van der Waals surface area contributed by atoms with Gasteiger partial charge in [-0.15, -0.1) is 0 Å². The van der Waals surface area contributed by atoms with Gasteiger partial charge in [0.15, 0.2) is 5.82 Å². The van der Waals surface area contributed by atoms with Gasteiger partial charge in [-0.2, -0.15) is 0 Å². The summed E-state index contributed by atoms with van der Waals surface area (Å²) < 4.78 is 4.92. The molecule has 1 N–H and O–H groups in total. The van der Waals surface area contributed by atoms with E-state index in [0.29, 0.717) is 17.9 Å². The fraction of sp³-hybridized carbons (Fsp3) is 0.450. The minimum atomic E-state index is -0.517. The number of carbonyl (C=O) groups is 2. The normalized spacial score (nSPS) is 10.6. The van der Waals surface area contributed by atoms with Gasteiger partial charge in [-0.05, 0) is 26.3 Å². The number of hydrogen-bond acceptors (Lipinski definition) is 6. The second-order valence-corrected chi connectivity index (χ2v) is 6.92. The zero-order valence-electron chi connectivity index (χ0n) is 16.9. The maximum Gasteiger partial charge on any atom is 0.273 e. The molecule has 0 bridgehead atoms. The van der Waals surface area contributed by atoms with Crippen LogP contribution in [0.4, 0.5) is 11.5 Å². The Kier molecular flexibility index (Phi) is 7.88. The molecule has 0 aliphatic rings. The monoisotopic (exact) mass is 402 g/mol. The third-order valence-electron chi connectivity index (χ3n) is 4.45. The number of carbonyl (C=O) groups excluding carboxylic acids is 2. The number of rotatable bonds is 10.